The van der Waals surface area contributed by atoms with Gasteiger partial charge in [0.05, 0.1) is 6.54 Å². The molecule has 23 heavy (non-hydrogen) atoms. The summed E-state index contributed by atoms with van der Waals surface area (Å²) in [4.78, 5) is 10.7. The molecule has 2 aromatic rings. The van der Waals surface area contributed by atoms with E-state index in [2.05, 4.69) is 33.5 Å². The predicted octanol–water partition coefficient (Wildman–Crippen LogP) is 2.56. The van der Waals surface area contributed by atoms with E-state index in [1.807, 2.05) is 37.3 Å². The van der Waals surface area contributed by atoms with Crippen LogP contribution in [0, 0.1) is 0 Å². The van der Waals surface area contributed by atoms with Crippen molar-refractivity contribution in [3.8, 4) is 0 Å². The van der Waals surface area contributed by atoms with Crippen molar-refractivity contribution in [2.24, 2.45) is 10.7 Å². The molecule has 120 valence electrons. The molecule has 5 heteroatoms. The Hall–Kier alpha value is -2.56. The van der Waals surface area contributed by atoms with Gasteiger partial charge in [0.25, 0.3) is 0 Å². The van der Waals surface area contributed by atoms with Crippen LogP contribution in [0.1, 0.15) is 23.1 Å². The molecular weight excluding hydrogens is 286 g/mol. The smallest absolute Gasteiger partial charge is 0.193 e. The van der Waals surface area contributed by atoms with E-state index in [1.165, 1.54) is 24.0 Å². The highest BCUT2D eigenvalue weighted by molar-refractivity contribution is 5.92. The Morgan fingerprint density at radius 3 is 2.78 bits per heavy atom. The van der Waals surface area contributed by atoms with E-state index >= 15 is 0 Å². The molecule has 0 aliphatic heterocycles. The number of pyridine rings is 1. The summed E-state index contributed by atoms with van der Waals surface area (Å²) in [5, 5.41) is 3.17. The standard InChI is InChI=1S/C18H23N5/c1-23(2)17-9-6-13(11-20-17)12-21-18(19)22-16-8-7-14-4-3-5-15(14)10-16/h6-11H,3-5,12H2,1-2H3,(H3,19,21,22). The van der Waals surface area contributed by atoms with Gasteiger partial charge in [0.15, 0.2) is 5.96 Å². The summed E-state index contributed by atoms with van der Waals surface area (Å²) in [6.07, 6.45) is 5.43. The van der Waals surface area contributed by atoms with Crippen LogP contribution in [-0.4, -0.2) is 25.0 Å². The molecule has 0 saturated heterocycles. The molecule has 0 radical (unpaired) electrons. The Labute approximate surface area is 137 Å². The molecule has 0 saturated carbocycles. The highest BCUT2D eigenvalue weighted by Crippen LogP contribution is 2.24. The second kappa shape index (κ2) is 6.69. The highest BCUT2D eigenvalue weighted by Gasteiger charge is 2.10. The number of benzene rings is 1. The lowest BCUT2D eigenvalue weighted by molar-refractivity contribution is 0.912. The van der Waals surface area contributed by atoms with E-state index in [0.717, 1.165) is 23.5 Å². The minimum Gasteiger partial charge on any atom is -0.370 e. The van der Waals surface area contributed by atoms with Crippen molar-refractivity contribution in [2.45, 2.75) is 25.8 Å². The van der Waals surface area contributed by atoms with E-state index in [-0.39, 0.29) is 0 Å². The SMILES string of the molecule is CN(C)c1ccc(CN=C(N)Nc2ccc3c(c2)CCC3)cn1. The fourth-order valence-corrected chi connectivity index (χ4v) is 2.79. The number of aromatic nitrogens is 1. The van der Waals surface area contributed by atoms with Crippen molar-refractivity contribution in [3.05, 3.63) is 53.2 Å². The van der Waals surface area contributed by atoms with Crippen LogP contribution in [0.15, 0.2) is 41.5 Å². The number of hydrogen-bond acceptors (Lipinski definition) is 3. The molecule has 3 N–H and O–H groups in total. The van der Waals surface area contributed by atoms with Gasteiger partial charge in [0.1, 0.15) is 5.82 Å². The van der Waals surface area contributed by atoms with Crippen molar-refractivity contribution in [1.82, 2.24) is 4.98 Å². The summed E-state index contributed by atoms with van der Waals surface area (Å²) in [5.74, 6) is 1.36. The summed E-state index contributed by atoms with van der Waals surface area (Å²) >= 11 is 0. The first kappa shape index (κ1) is 15.3. The summed E-state index contributed by atoms with van der Waals surface area (Å²) < 4.78 is 0. The largest absolute Gasteiger partial charge is 0.370 e. The fourth-order valence-electron chi connectivity index (χ4n) is 2.79. The normalized spacial score (nSPS) is 13.7. The first-order valence-corrected chi connectivity index (χ1v) is 7.93. The molecule has 0 amide bonds. The van der Waals surface area contributed by atoms with Gasteiger partial charge < -0.3 is 16.0 Å². The monoisotopic (exact) mass is 309 g/mol. The van der Waals surface area contributed by atoms with Crippen molar-refractivity contribution in [1.29, 1.82) is 0 Å². The van der Waals surface area contributed by atoms with E-state index in [0.29, 0.717) is 12.5 Å². The maximum Gasteiger partial charge on any atom is 0.193 e. The molecular formula is C18H23N5. The Kier molecular flexibility index (Phi) is 4.46. The molecule has 1 aromatic carbocycles. The number of fused-ring (bicyclic) bond motifs is 1. The van der Waals surface area contributed by atoms with Gasteiger partial charge in [-0.05, 0) is 54.2 Å². The summed E-state index contributed by atoms with van der Waals surface area (Å²) in [6.45, 7) is 0.518. The minimum atomic E-state index is 0.430. The fraction of sp³-hybridized carbons (Fsp3) is 0.333. The molecule has 0 fully saturated rings. The molecule has 1 heterocycles. The maximum absolute atomic E-state index is 5.99. The lowest BCUT2D eigenvalue weighted by atomic mass is 10.1. The molecule has 0 spiro atoms. The third kappa shape index (κ3) is 3.80. The molecule has 1 aromatic heterocycles. The van der Waals surface area contributed by atoms with E-state index in [9.17, 15) is 0 Å². The molecule has 0 bridgehead atoms. The zero-order valence-corrected chi connectivity index (χ0v) is 13.7. The molecule has 3 rings (SSSR count). The van der Waals surface area contributed by atoms with Crippen LogP contribution >= 0.6 is 0 Å². The van der Waals surface area contributed by atoms with Gasteiger partial charge in [-0.1, -0.05) is 12.1 Å². The van der Waals surface area contributed by atoms with Crippen LogP contribution in [0.3, 0.4) is 0 Å². The summed E-state index contributed by atoms with van der Waals surface area (Å²) in [5.41, 5.74) is 10.9. The zero-order chi connectivity index (χ0) is 16.2. The number of nitrogens with two attached hydrogens (primary N) is 1. The van der Waals surface area contributed by atoms with Crippen molar-refractivity contribution in [3.63, 3.8) is 0 Å². The van der Waals surface area contributed by atoms with Gasteiger partial charge in [-0.2, -0.15) is 0 Å². The Balaban J connectivity index is 1.61. The number of nitrogens with one attached hydrogen (secondary N) is 1. The van der Waals surface area contributed by atoms with Gasteiger partial charge in [-0.25, -0.2) is 9.98 Å². The van der Waals surface area contributed by atoms with Crippen LogP contribution in [0.2, 0.25) is 0 Å². The number of anilines is 2. The second-order valence-electron chi connectivity index (χ2n) is 6.08. The topological polar surface area (TPSA) is 66.5 Å². The first-order valence-electron chi connectivity index (χ1n) is 7.93. The maximum atomic E-state index is 5.99. The van der Waals surface area contributed by atoms with Crippen LogP contribution in [-0.2, 0) is 19.4 Å². The van der Waals surface area contributed by atoms with Crippen molar-refractivity contribution >= 4 is 17.5 Å². The van der Waals surface area contributed by atoms with Crippen molar-refractivity contribution < 1.29 is 0 Å². The Bertz CT molecular complexity index is 704. The number of guanidine groups is 1. The third-order valence-electron chi connectivity index (χ3n) is 4.07. The molecule has 0 atom stereocenters. The van der Waals surface area contributed by atoms with Crippen LogP contribution in [0.5, 0.6) is 0 Å². The number of rotatable bonds is 4. The minimum absolute atomic E-state index is 0.430. The summed E-state index contributed by atoms with van der Waals surface area (Å²) in [7, 11) is 3.94. The molecule has 5 nitrogen and oxygen atoms in total. The Morgan fingerprint density at radius 2 is 2.04 bits per heavy atom. The quantitative estimate of drug-likeness (QED) is 0.673. The lowest BCUT2D eigenvalue weighted by Gasteiger charge is -2.11. The van der Waals surface area contributed by atoms with Gasteiger partial charge >= 0.3 is 0 Å². The van der Waals surface area contributed by atoms with Crippen molar-refractivity contribution in [2.75, 3.05) is 24.3 Å². The number of hydrogen-bond donors (Lipinski definition) is 2. The van der Waals surface area contributed by atoms with Gasteiger partial charge in [-0.3, -0.25) is 0 Å². The van der Waals surface area contributed by atoms with Gasteiger partial charge in [0.2, 0.25) is 0 Å². The van der Waals surface area contributed by atoms with Crippen LogP contribution in [0.4, 0.5) is 11.5 Å². The van der Waals surface area contributed by atoms with E-state index < -0.39 is 0 Å². The lowest BCUT2D eigenvalue weighted by Crippen LogP contribution is -2.22. The average molecular weight is 309 g/mol. The zero-order valence-electron chi connectivity index (χ0n) is 13.7. The van der Waals surface area contributed by atoms with Gasteiger partial charge in [-0.15, -0.1) is 0 Å². The first-order chi connectivity index (χ1) is 11.1. The second-order valence-corrected chi connectivity index (χ2v) is 6.08. The number of aliphatic imine (C=N–C) groups is 1. The number of aryl methyl sites for hydroxylation is 2. The average Bonchev–Trinajstić information content (AvgIpc) is 3.01. The molecule has 1 aliphatic carbocycles. The number of nitrogens with zero attached hydrogens (tertiary/aromatic N) is 3. The highest BCUT2D eigenvalue weighted by atomic mass is 15.1. The Morgan fingerprint density at radius 1 is 1.22 bits per heavy atom. The van der Waals surface area contributed by atoms with E-state index in [1.54, 1.807) is 0 Å². The van der Waals surface area contributed by atoms with Gasteiger partial charge in [0, 0.05) is 26.0 Å². The summed E-state index contributed by atoms with van der Waals surface area (Å²) in [6, 6.07) is 10.4. The molecule has 1 aliphatic rings. The van der Waals surface area contributed by atoms with Crippen LogP contribution < -0.4 is 16.0 Å². The van der Waals surface area contributed by atoms with Crippen LogP contribution in [0.25, 0.3) is 0 Å². The van der Waals surface area contributed by atoms with E-state index in [4.69, 9.17) is 5.73 Å². The predicted molar refractivity (Wildman–Crippen MR) is 96.0 cm³/mol. The molecule has 0 unspecified atom stereocenters. The third-order valence-corrected chi connectivity index (χ3v) is 4.07.